The Labute approximate surface area is 196 Å². The number of carbonyl (C=O) groups excluding carboxylic acids is 3. The zero-order valence-electron chi connectivity index (χ0n) is 20.8. The summed E-state index contributed by atoms with van der Waals surface area (Å²) < 4.78 is 10.4. The first-order chi connectivity index (χ1) is 15.4. The van der Waals surface area contributed by atoms with Crippen molar-refractivity contribution in [2.45, 2.75) is 78.1 Å². The van der Waals surface area contributed by atoms with Gasteiger partial charge in [0.2, 0.25) is 0 Å². The molecular formula is C25H37N3O5. The molecule has 1 aliphatic rings. The number of methoxy groups -OCH3 is 1. The zero-order chi connectivity index (χ0) is 24.8. The minimum absolute atomic E-state index is 0.185. The first-order valence-electron chi connectivity index (χ1n) is 11.4. The van der Waals surface area contributed by atoms with Crippen molar-refractivity contribution in [1.29, 1.82) is 0 Å². The highest BCUT2D eigenvalue weighted by molar-refractivity contribution is 6.39. The van der Waals surface area contributed by atoms with Crippen LogP contribution in [0.4, 0.5) is 4.79 Å². The molecule has 0 aliphatic carbocycles. The number of carbonyl (C=O) groups is 3. The number of esters is 1. The fraction of sp³-hybridized carbons (Fsp3) is 0.600. The number of nitrogens with one attached hydrogen (secondary N) is 1. The second-order valence-electron chi connectivity index (χ2n) is 9.84. The van der Waals surface area contributed by atoms with Crippen LogP contribution >= 0.6 is 0 Å². The molecule has 1 aromatic rings. The van der Waals surface area contributed by atoms with Crippen molar-refractivity contribution in [3.8, 4) is 0 Å². The maximum Gasteiger partial charge on any atom is 0.407 e. The Kier molecular flexibility index (Phi) is 9.02. The second kappa shape index (κ2) is 11.3. The second-order valence-corrected chi connectivity index (χ2v) is 9.84. The monoisotopic (exact) mass is 459 g/mol. The van der Waals surface area contributed by atoms with Crippen molar-refractivity contribution < 1.29 is 23.9 Å². The third-order valence-electron chi connectivity index (χ3n) is 5.29. The summed E-state index contributed by atoms with van der Waals surface area (Å²) >= 11 is 0. The summed E-state index contributed by atoms with van der Waals surface area (Å²) in [5, 5.41) is 2.96. The molecule has 182 valence electrons. The highest BCUT2D eigenvalue weighted by Crippen LogP contribution is 2.21. The van der Waals surface area contributed by atoms with Crippen LogP contribution in [0.2, 0.25) is 0 Å². The van der Waals surface area contributed by atoms with Gasteiger partial charge in [0.1, 0.15) is 17.4 Å². The van der Waals surface area contributed by atoms with E-state index in [9.17, 15) is 14.4 Å². The van der Waals surface area contributed by atoms with E-state index in [-0.39, 0.29) is 18.4 Å². The smallest absolute Gasteiger partial charge is 0.407 e. The van der Waals surface area contributed by atoms with Crippen molar-refractivity contribution in [3.63, 3.8) is 0 Å². The lowest BCUT2D eigenvalue weighted by atomic mass is 9.95. The zero-order valence-corrected chi connectivity index (χ0v) is 20.8. The molecule has 3 atom stereocenters. The van der Waals surface area contributed by atoms with Crippen LogP contribution in [-0.4, -0.2) is 66.0 Å². The van der Waals surface area contributed by atoms with Gasteiger partial charge < -0.3 is 19.7 Å². The van der Waals surface area contributed by atoms with E-state index in [2.05, 4.69) is 5.32 Å². The molecule has 0 bridgehead atoms. The van der Waals surface area contributed by atoms with Crippen molar-refractivity contribution >= 4 is 23.7 Å². The predicted molar refractivity (Wildman–Crippen MR) is 127 cm³/mol. The van der Waals surface area contributed by atoms with Gasteiger partial charge in [-0.3, -0.25) is 9.79 Å². The molecular weight excluding hydrogens is 422 g/mol. The van der Waals surface area contributed by atoms with E-state index >= 15 is 0 Å². The number of hydrogen-bond acceptors (Lipinski definition) is 6. The highest BCUT2D eigenvalue weighted by Gasteiger charge is 2.38. The fourth-order valence-electron chi connectivity index (χ4n) is 3.73. The molecule has 1 N–H and O–H groups in total. The molecule has 8 heteroatoms. The molecule has 1 heterocycles. The number of alkyl carbamates (subject to hydrolysis) is 1. The van der Waals surface area contributed by atoms with E-state index in [1.165, 1.54) is 12.0 Å². The van der Waals surface area contributed by atoms with Crippen LogP contribution < -0.4 is 5.32 Å². The van der Waals surface area contributed by atoms with Gasteiger partial charge in [0.25, 0.3) is 5.91 Å². The van der Waals surface area contributed by atoms with Gasteiger partial charge in [-0.15, -0.1) is 0 Å². The average Bonchev–Trinajstić information content (AvgIpc) is 2.72. The van der Waals surface area contributed by atoms with E-state index < -0.39 is 35.8 Å². The summed E-state index contributed by atoms with van der Waals surface area (Å²) in [7, 11) is 1.30. The molecule has 0 saturated heterocycles. The standard InChI is InChI=1S/C25H37N3O5/c1-16(2)13-20-22(29)28(17(3)23(30)32-7)15-21(26-20)19(14-18-11-9-8-10-12-18)27-24(31)33-25(4,5)6/h8-12,16-17,19,21H,13-15H2,1-7H3,(H,27,31)/t17-,19-,21+/m0/s1. The van der Waals surface area contributed by atoms with E-state index in [4.69, 9.17) is 14.5 Å². The third kappa shape index (κ3) is 7.87. The first-order valence-corrected chi connectivity index (χ1v) is 11.4. The number of nitrogens with zero attached hydrogens (tertiary/aromatic N) is 2. The van der Waals surface area contributed by atoms with Crippen LogP contribution in [0.1, 0.15) is 53.5 Å². The number of aliphatic imine (C=N–C) groups is 1. The lowest BCUT2D eigenvalue weighted by molar-refractivity contribution is -0.150. The van der Waals surface area contributed by atoms with Gasteiger partial charge in [0.05, 0.1) is 19.2 Å². The lowest BCUT2D eigenvalue weighted by Crippen LogP contribution is -2.58. The lowest BCUT2D eigenvalue weighted by Gasteiger charge is -2.38. The SMILES string of the molecule is COC(=O)[C@H](C)N1C[C@H]([C@H](Cc2ccccc2)NC(=O)OC(C)(C)C)N=C(CC(C)C)C1=O. The molecule has 0 radical (unpaired) electrons. The third-order valence-corrected chi connectivity index (χ3v) is 5.29. The van der Waals surface area contributed by atoms with Gasteiger partial charge >= 0.3 is 12.1 Å². The number of amides is 2. The number of hydrogen-bond donors (Lipinski definition) is 1. The Morgan fingerprint density at radius 3 is 2.33 bits per heavy atom. The van der Waals surface area contributed by atoms with Crippen LogP contribution in [-0.2, 0) is 25.5 Å². The van der Waals surface area contributed by atoms with Gasteiger partial charge in [-0.1, -0.05) is 44.2 Å². The molecule has 0 saturated carbocycles. The quantitative estimate of drug-likeness (QED) is 0.601. The maximum atomic E-state index is 13.1. The van der Waals surface area contributed by atoms with Crippen LogP contribution in [0.15, 0.2) is 35.3 Å². The molecule has 0 unspecified atom stereocenters. The van der Waals surface area contributed by atoms with Gasteiger partial charge in [0, 0.05) is 6.54 Å². The Morgan fingerprint density at radius 1 is 1.15 bits per heavy atom. The molecule has 8 nitrogen and oxygen atoms in total. The van der Waals surface area contributed by atoms with Crippen LogP contribution in [0.5, 0.6) is 0 Å². The number of rotatable bonds is 8. The molecule has 2 amide bonds. The summed E-state index contributed by atoms with van der Waals surface area (Å²) in [4.78, 5) is 44.3. The molecule has 2 rings (SSSR count). The van der Waals surface area contributed by atoms with Crippen molar-refractivity contribution in [2.24, 2.45) is 10.9 Å². The Morgan fingerprint density at radius 2 is 1.79 bits per heavy atom. The summed E-state index contributed by atoms with van der Waals surface area (Å²) in [6.07, 6.45) is 0.427. The van der Waals surface area contributed by atoms with E-state index in [0.29, 0.717) is 18.6 Å². The number of benzene rings is 1. The molecule has 0 fully saturated rings. The Balaban J connectivity index is 2.41. The molecule has 33 heavy (non-hydrogen) atoms. The van der Waals surface area contributed by atoms with Crippen LogP contribution in [0.3, 0.4) is 0 Å². The average molecular weight is 460 g/mol. The summed E-state index contributed by atoms with van der Waals surface area (Å²) in [5.74, 6) is -0.561. The highest BCUT2D eigenvalue weighted by atomic mass is 16.6. The Bertz CT molecular complexity index is 861. The molecule has 1 aliphatic heterocycles. The van der Waals surface area contributed by atoms with Crippen molar-refractivity contribution in [1.82, 2.24) is 10.2 Å². The summed E-state index contributed by atoms with van der Waals surface area (Å²) in [5.41, 5.74) is 0.770. The Hall–Kier alpha value is -2.90. The summed E-state index contributed by atoms with van der Waals surface area (Å²) in [6, 6.07) is 8.10. The fourth-order valence-corrected chi connectivity index (χ4v) is 3.73. The van der Waals surface area contributed by atoms with E-state index in [1.807, 2.05) is 44.2 Å². The van der Waals surface area contributed by atoms with Gasteiger partial charge in [-0.25, -0.2) is 9.59 Å². The topological polar surface area (TPSA) is 97.3 Å². The van der Waals surface area contributed by atoms with Crippen LogP contribution in [0.25, 0.3) is 0 Å². The van der Waals surface area contributed by atoms with E-state index in [0.717, 1.165) is 5.56 Å². The van der Waals surface area contributed by atoms with Gasteiger partial charge in [-0.2, -0.15) is 0 Å². The van der Waals surface area contributed by atoms with Gasteiger partial charge in [0.15, 0.2) is 0 Å². The van der Waals surface area contributed by atoms with Crippen molar-refractivity contribution in [3.05, 3.63) is 35.9 Å². The minimum atomic E-state index is -0.762. The minimum Gasteiger partial charge on any atom is -0.467 e. The summed E-state index contributed by atoms with van der Waals surface area (Å²) in [6.45, 7) is 11.3. The first kappa shape index (κ1) is 26.4. The van der Waals surface area contributed by atoms with E-state index in [1.54, 1.807) is 27.7 Å². The predicted octanol–water partition coefficient (Wildman–Crippen LogP) is 3.38. The van der Waals surface area contributed by atoms with Gasteiger partial charge in [-0.05, 0) is 52.0 Å². The number of ether oxygens (including phenoxy) is 2. The maximum absolute atomic E-state index is 13.1. The normalized spacial score (nSPS) is 18.4. The molecule has 1 aromatic carbocycles. The van der Waals surface area contributed by atoms with Crippen molar-refractivity contribution in [2.75, 3.05) is 13.7 Å². The largest absolute Gasteiger partial charge is 0.467 e. The molecule has 0 aromatic heterocycles. The molecule has 0 spiro atoms. The van der Waals surface area contributed by atoms with Crippen LogP contribution in [0, 0.1) is 5.92 Å².